The van der Waals surface area contributed by atoms with Crippen LogP contribution in [0.5, 0.6) is 0 Å². The van der Waals surface area contributed by atoms with Gasteiger partial charge in [0.2, 0.25) is 5.91 Å². The van der Waals surface area contributed by atoms with E-state index in [1.54, 1.807) is 0 Å². The summed E-state index contributed by atoms with van der Waals surface area (Å²) in [6, 6.07) is 19.7. The Hall–Kier alpha value is -4.17. The van der Waals surface area contributed by atoms with E-state index < -0.39 is 17.9 Å². The van der Waals surface area contributed by atoms with Gasteiger partial charge < -0.3 is 10.0 Å². The van der Waals surface area contributed by atoms with Crippen LogP contribution in [0.1, 0.15) is 111 Å². The van der Waals surface area contributed by atoms with Crippen LogP contribution in [0.25, 0.3) is 22.5 Å². The zero-order valence-electron chi connectivity index (χ0n) is 29.7. The SMILES string of the molecule is CCC1CCC(c2ccc(-c3cnc(-c4ccc(C[C@H](CC(=O)c5ccc(C(C)(C)C)s5)C(=O)N5CCC[C@H]5C(=O)O)cc4)nc3)cc2)CC1. The molecule has 1 amide bonds. The number of likely N-dealkylation sites (tertiary alicyclic amines) is 1. The number of aliphatic carboxylic acids is 1. The Morgan fingerprint density at radius 2 is 1.52 bits per heavy atom. The van der Waals surface area contributed by atoms with Gasteiger partial charge in [0.1, 0.15) is 6.04 Å². The topological polar surface area (TPSA) is 100 Å². The van der Waals surface area contributed by atoms with E-state index in [0.717, 1.165) is 33.0 Å². The van der Waals surface area contributed by atoms with Gasteiger partial charge in [-0.15, -0.1) is 11.3 Å². The first-order valence-electron chi connectivity index (χ1n) is 18.2. The summed E-state index contributed by atoms with van der Waals surface area (Å²) in [5, 5.41) is 9.77. The average Bonchev–Trinajstić information content (AvgIpc) is 3.83. The Balaban J connectivity index is 1.14. The maximum absolute atomic E-state index is 13.8. The molecule has 1 saturated heterocycles. The Kier molecular flexibility index (Phi) is 11.0. The summed E-state index contributed by atoms with van der Waals surface area (Å²) in [4.78, 5) is 51.8. The number of hydrogen-bond acceptors (Lipinski definition) is 6. The summed E-state index contributed by atoms with van der Waals surface area (Å²) >= 11 is 1.47. The Bertz CT molecular complexity index is 1780. The van der Waals surface area contributed by atoms with Crippen LogP contribution in [-0.2, 0) is 21.4 Å². The molecule has 1 saturated carbocycles. The Morgan fingerprint density at radius 1 is 0.860 bits per heavy atom. The largest absolute Gasteiger partial charge is 0.480 e. The van der Waals surface area contributed by atoms with Gasteiger partial charge in [-0.1, -0.05) is 82.6 Å². The van der Waals surface area contributed by atoms with E-state index in [0.29, 0.717) is 42.4 Å². The maximum Gasteiger partial charge on any atom is 0.326 e. The van der Waals surface area contributed by atoms with Crippen molar-refractivity contribution >= 4 is 29.0 Å². The first-order valence-corrected chi connectivity index (χ1v) is 19.0. The van der Waals surface area contributed by atoms with Crippen molar-refractivity contribution in [1.82, 2.24) is 14.9 Å². The lowest BCUT2D eigenvalue weighted by Crippen LogP contribution is -2.44. The molecule has 0 bridgehead atoms. The minimum absolute atomic E-state index is 0.0268. The molecular formula is C42H49N3O4S. The number of Topliss-reactive ketones (excluding diaryl/α,β-unsaturated/α-hetero) is 1. The molecule has 4 aromatic rings. The van der Waals surface area contributed by atoms with Gasteiger partial charge in [0.25, 0.3) is 0 Å². The predicted octanol–water partition coefficient (Wildman–Crippen LogP) is 9.36. The number of aromatic nitrogens is 2. The van der Waals surface area contributed by atoms with E-state index in [-0.39, 0.29) is 23.5 Å². The van der Waals surface area contributed by atoms with Crippen LogP contribution in [0, 0.1) is 11.8 Å². The van der Waals surface area contributed by atoms with Gasteiger partial charge in [0, 0.05) is 47.3 Å². The number of rotatable bonds is 11. The van der Waals surface area contributed by atoms with Crippen LogP contribution in [0.2, 0.25) is 0 Å². The molecule has 2 fully saturated rings. The lowest BCUT2D eigenvalue weighted by molar-refractivity contribution is -0.149. The van der Waals surface area contributed by atoms with Crippen LogP contribution in [0.3, 0.4) is 0 Å². The number of hydrogen-bond donors (Lipinski definition) is 1. The Morgan fingerprint density at radius 3 is 2.12 bits per heavy atom. The lowest BCUT2D eigenvalue weighted by atomic mass is 9.78. The summed E-state index contributed by atoms with van der Waals surface area (Å²) in [7, 11) is 0. The van der Waals surface area contributed by atoms with Crippen molar-refractivity contribution in [2.45, 2.75) is 103 Å². The van der Waals surface area contributed by atoms with Gasteiger partial charge in [-0.3, -0.25) is 9.59 Å². The van der Waals surface area contributed by atoms with E-state index in [9.17, 15) is 19.5 Å². The molecule has 2 aliphatic rings. The van der Waals surface area contributed by atoms with Crippen molar-refractivity contribution in [3.8, 4) is 22.5 Å². The molecule has 1 N–H and O–H groups in total. The molecule has 3 heterocycles. The molecule has 262 valence electrons. The molecule has 0 unspecified atom stereocenters. The molecule has 0 spiro atoms. The number of carboxylic acid groups (broad SMARTS) is 1. The molecule has 7 nitrogen and oxygen atoms in total. The molecule has 1 aliphatic heterocycles. The van der Waals surface area contributed by atoms with Crippen LogP contribution in [0.15, 0.2) is 73.1 Å². The molecule has 2 aromatic carbocycles. The normalized spacial score (nSPS) is 20.1. The number of carbonyl (C=O) groups excluding carboxylic acids is 2. The number of thiophene rings is 1. The number of benzene rings is 2. The molecule has 0 radical (unpaired) electrons. The third kappa shape index (κ3) is 8.23. The quantitative estimate of drug-likeness (QED) is 0.157. The predicted molar refractivity (Wildman–Crippen MR) is 199 cm³/mol. The van der Waals surface area contributed by atoms with Crippen LogP contribution in [-0.4, -0.2) is 50.2 Å². The molecule has 6 rings (SSSR count). The summed E-state index contributed by atoms with van der Waals surface area (Å²) in [6.07, 6.45) is 11.7. The number of nitrogens with zero attached hydrogens (tertiary/aromatic N) is 3. The second-order valence-electron chi connectivity index (χ2n) is 15.2. The summed E-state index contributed by atoms with van der Waals surface area (Å²) in [5.74, 6) is 0.145. The minimum atomic E-state index is -0.995. The van der Waals surface area contributed by atoms with Crippen LogP contribution >= 0.6 is 11.3 Å². The number of ketones is 1. The van der Waals surface area contributed by atoms with Crippen molar-refractivity contribution in [3.05, 3.63) is 93.9 Å². The van der Waals surface area contributed by atoms with E-state index in [1.165, 1.54) is 53.9 Å². The molecule has 8 heteroatoms. The molecule has 1 aliphatic carbocycles. The number of amides is 1. The zero-order valence-corrected chi connectivity index (χ0v) is 30.5. The van der Waals surface area contributed by atoms with Crippen molar-refractivity contribution in [2.24, 2.45) is 11.8 Å². The van der Waals surface area contributed by atoms with Crippen molar-refractivity contribution in [1.29, 1.82) is 0 Å². The van der Waals surface area contributed by atoms with Crippen LogP contribution in [0.4, 0.5) is 0 Å². The fourth-order valence-corrected chi connectivity index (χ4v) is 8.55. The van der Waals surface area contributed by atoms with Gasteiger partial charge >= 0.3 is 5.97 Å². The van der Waals surface area contributed by atoms with Gasteiger partial charge in [-0.2, -0.15) is 0 Å². The fraction of sp³-hybridized carbons (Fsp3) is 0.452. The summed E-state index contributed by atoms with van der Waals surface area (Å²) in [6.45, 7) is 9.03. The average molecular weight is 692 g/mol. The van der Waals surface area contributed by atoms with Crippen molar-refractivity contribution in [3.63, 3.8) is 0 Å². The van der Waals surface area contributed by atoms with Crippen molar-refractivity contribution < 1.29 is 19.5 Å². The highest BCUT2D eigenvalue weighted by molar-refractivity contribution is 7.14. The second-order valence-corrected chi connectivity index (χ2v) is 16.3. The van der Waals surface area contributed by atoms with E-state index in [2.05, 4.69) is 61.9 Å². The zero-order chi connectivity index (χ0) is 35.4. The van der Waals surface area contributed by atoms with E-state index in [1.807, 2.05) is 48.8 Å². The lowest BCUT2D eigenvalue weighted by Gasteiger charge is -2.28. The summed E-state index contributed by atoms with van der Waals surface area (Å²) < 4.78 is 0. The van der Waals surface area contributed by atoms with Gasteiger partial charge in [-0.25, -0.2) is 14.8 Å². The highest BCUT2D eigenvalue weighted by atomic mass is 32.1. The maximum atomic E-state index is 13.8. The van der Waals surface area contributed by atoms with E-state index in [4.69, 9.17) is 0 Å². The first-order chi connectivity index (χ1) is 24.0. The van der Waals surface area contributed by atoms with Gasteiger partial charge in [-0.05, 0) is 91.0 Å². The summed E-state index contributed by atoms with van der Waals surface area (Å²) in [5.41, 5.74) is 5.18. The highest BCUT2D eigenvalue weighted by Crippen LogP contribution is 2.38. The molecular weight excluding hydrogens is 643 g/mol. The fourth-order valence-electron chi connectivity index (χ4n) is 7.54. The van der Waals surface area contributed by atoms with Crippen LogP contribution < -0.4 is 0 Å². The number of carbonyl (C=O) groups is 3. The molecule has 50 heavy (non-hydrogen) atoms. The third-order valence-electron chi connectivity index (χ3n) is 10.7. The second kappa shape index (κ2) is 15.4. The standard InChI is InChI=1S/C42H49N3O4S/c1-5-27-8-12-29(13-9-27)30-16-18-31(19-17-30)34-25-43-39(44-26-34)32-14-10-28(11-15-32)23-33(40(47)45-22-6-7-35(45)41(48)49)24-36(46)37-20-21-38(50-37)42(2,3)4/h10-11,14-21,25-27,29,33,35H,5-9,12-13,22-24H2,1-4H3,(H,48,49)/t27?,29?,33-,35+/m1/s1. The number of carboxylic acids is 1. The third-order valence-corrected chi connectivity index (χ3v) is 12.3. The first kappa shape index (κ1) is 35.6. The Labute approximate surface area is 300 Å². The minimum Gasteiger partial charge on any atom is -0.480 e. The smallest absolute Gasteiger partial charge is 0.326 e. The monoisotopic (exact) mass is 691 g/mol. The van der Waals surface area contributed by atoms with Gasteiger partial charge in [0.15, 0.2) is 11.6 Å². The van der Waals surface area contributed by atoms with Gasteiger partial charge in [0.05, 0.1) is 4.88 Å². The molecule has 2 atom stereocenters. The highest BCUT2D eigenvalue weighted by Gasteiger charge is 2.38. The molecule has 2 aromatic heterocycles. The van der Waals surface area contributed by atoms with Crippen molar-refractivity contribution in [2.75, 3.05) is 6.54 Å². The van der Waals surface area contributed by atoms with E-state index >= 15 is 0 Å².